The molecular formula is C26H26O8. The van der Waals surface area contributed by atoms with Crippen LogP contribution in [0, 0.1) is 0 Å². The van der Waals surface area contributed by atoms with Gasteiger partial charge in [0.05, 0.1) is 19.3 Å². The number of aromatic hydroxyl groups is 1. The fourth-order valence-corrected chi connectivity index (χ4v) is 4.11. The molecule has 34 heavy (non-hydrogen) atoms. The van der Waals surface area contributed by atoms with Gasteiger partial charge in [0.25, 0.3) is 0 Å². The van der Waals surface area contributed by atoms with E-state index in [4.69, 9.17) is 9.47 Å². The number of carbonyl (C=O) groups excluding carboxylic acids is 1. The molecule has 1 fully saturated rings. The standard InChI is InChI=1S/C26H26O8/c1-33-21-12-20(29)17(11-18(21)26-25(32)24(31)23(30)22(13-27)34-26)19(28)9-7-14-6-8-15-4-2-3-5-16(15)10-14/h2-12,22-27,29-32H,13H2,1H3/b9-7+. The molecule has 178 valence electrons. The molecule has 1 aliphatic heterocycles. The van der Waals surface area contributed by atoms with Gasteiger partial charge in [-0.3, -0.25) is 4.79 Å². The van der Waals surface area contributed by atoms with Gasteiger partial charge in [-0.05, 0) is 34.5 Å². The second kappa shape index (κ2) is 9.92. The van der Waals surface area contributed by atoms with Crippen LogP contribution in [0.15, 0.2) is 60.7 Å². The summed E-state index contributed by atoms with van der Waals surface area (Å²) in [4.78, 5) is 12.9. The summed E-state index contributed by atoms with van der Waals surface area (Å²) in [5, 5.41) is 52.7. The van der Waals surface area contributed by atoms with Crippen LogP contribution in [0.1, 0.15) is 27.6 Å². The molecule has 0 saturated carbocycles. The fraction of sp³-hybridized carbons (Fsp3) is 0.269. The van der Waals surface area contributed by atoms with E-state index in [1.165, 1.54) is 25.3 Å². The number of phenols is 1. The molecule has 3 aromatic carbocycles. The third kappa shape index (κ3) is 4.54. The number of phenolic OH excluding ortho intramolecular Hbond substituents is 1. The predicted molar refractivity (Wildman–Crippen MR) is 125 cm³/mol. The predicted octanol–water partition coefficient (Wildman–Crippen LogP) is 1.96. The molecule has 0 aliphatic carbocycles. The maximum atomic E-state index is 12.9. The zero-order valence-electron chi connectivity index (χ0n) is 18.4. The van der Waals surface area contributed by atoms with Crippen LogP contribution in [0.2, 0.25) is 0 Å². The van der Waals surface area contributed by atoms with Crippen LogP contribution >= 0.6 is 0 Å². The number of carbonyl (C=O) groups is 1. The highest BCUT2D eigenvalue weighted by Crippen LogP contribution is 2.40. The highest BCUT2D eigenvalue weighted by molar-refractivity contribution is 6.09. The normalized spacial score (nSPS) is 25.0. The number of hydrogen-bond acceptors (Lipinski definition) is 8. The van der Waals surface area contributed by atoms with E-state index >= 15 is 0 Å². The lowest BCUT2D eigenvalue weighted by molar-refractivity contribution is -0.232. The SMILES string of the molecule is COc1cc(O)c(C(=O)/C=C/c2ccc3ccccc3c2)cc1C1OC(CO)C(O)C(O)C1O. The molecule has 1 aliphatic rings. The van der Waals surface area contributed by atoms with Crippen molar-refractivity contribution in [2.45, 2.75) is 30.5 Å². The second-order valence-electron chi connectivity index (χ2n) is 8.16. The Hall–Kier alpha value is -3.27. The van der Waals surface area contributed by atoms with Gasteiger partial charge in [-0.2, -0.15) is 0 Å². The number of ketones is 1. The summed E-state index contributed by atoms with van der Waals surface area (Å²) < 4.78 is 10.9. The van der Waals surface area contributed by atoms with Gasteiger partial charge in [0.15, 0.2) is 5.78 Å². The van der Waals surface area contributed by atoms with Gasteiger partial charge >= 0.3 is 0 Å². The van der Waals surface area contributed by atoms with Crippen molar-refractivity contribution in [2.24, 2.45) is 0 Å². The average molecular weight is 466 g/mol. The van der Waals surface area contributed by atoms with E-state index in [-0.39, 0.29) is 22.6 Å². The molecule has 3 aromatic rings. The first-order valence-corrected chi connectivity index (χ1v) is 10.8. The Morgan fingerprint density at radius 1 is 1.00 bits per heavy atom. The van der Waals surface area contributed by atoms with E-state index < -0.39 is 42.9 Å². The van der Waals surface area contributed by atoms with Crippen LogP contribution in [0.3, 0.4) is 0 Å². The maximum Gasteiger partial charge on any atom is 0.189 e. The summed E-state index contributed by atoms with van der Waals surface area (Å²) in [7, 11) is 1.34. The van der Waals surface area contributed by atoms with Crippen LogP contribution < -0.4 is 4.74 Å². The minimum Gasteiger partial charge on any atom is -0.507 e. The molecule has 1 saturated heterocycles. The lowest BCUT2D eigenvalue weighted by Crippen LogP contribution is -2.55. The molecule has 0 radical (unpaired) electrons. The van der Waals surface area contributed by atoms with E-state index in [1.54, 1.807) is 6.08 Å². The van der Waals surface area contributed by atoms with Crippen LogP contribution in [-0.2, 0) is 4.74 Å². The third-order valence-corrected chi connectivity index (χ3v) is 6.01. The number of benzene rings is 3. The van der Waals surface area contributed by atoms with E-state index in [9.17, 15) is 30.3 Å². The molecule has 5 N–H and O–H groups in total. The Labute approximate surface area is 195 Å². The van der Waals surface area contributed by atoms with Gasteiger partial charge in [0.1, 0.15) is 42.0 Å². The molecule has 0 aromatic heterocycles. The molecule has 4 rings (SSSR count). The fourth-order valence-electron chi connectivity index (χ4n) is 4.11. The molecule has 0 amide bonds. The van der Waals surface area contributed by atoms with Gasteiger partial charge < -0.3 is 35.0 Å². The minimum absolute atomic E-state index is 0.0650. The minimum atomic E-state index is -1.60. The van der Waals surface area contributed by atoms with Crippen LogP contribution in [-0.4, -0.2) is 69.4 Å². The Kier molecular flexibility index (Phi) is 6.97. The van der Waals surface area contributed by atoms with Crippen molar-refractivity contribution in [1.29, 1.82) is 0 Å². The Morgan fingerprint density at radius 3 is 2.44 bits per heavy atom. The van der Waals surface area contributed by atoms with Crippen LogP contribution in [0.25, 0.3) is 16.8 Å². The maximum absolute atomic E-state index is 12.9. The second-order valence-corrected chi connectivity index (χ2v) is 8.16. The summed E-state index contributed by atoms with van der Waals surface area (Å²) in [6.07, 6.45) is -4.08. The largest absolute Gasteiger partial charge is 0.507 e. The molecule has 1 heterocycles. The van der Waals surface area contributed by atoms with Crippen molar-refractivity contribution in [2.75, 3.05) is 13.7 Å². The smallest absolute Gasteiger partial charge is 0.189 e. The summed E-state index contributed by atoms with van der Waals surface area (Å²) in [6, 6.07) is 16.1. The van der Waals surface area contributed by atoms with Gasteiger partial charge in [0, 0.05) is 11.6 Å². The van der Waals surface area contributed by atoms with Crippen molar-refractivity contribution in [3.05, 3.63) is 77.4 Å². The summed E-state index contributed by atoms with van der Waals surface area (Å²) in [5.74, 6) is -0.727. The lowest BCUT2D eigenvalue weighted by atomic mass is 9.89. The third-order valence-electron chi connectivity index (χ3n) is 6.01. The zero-order chi connectivity index (χ0) is 24.4. The number of ether oxygens (including phenoxy) is 2. The molecule has 5 unspecified atom stereocenters. The van der Waals surface area contributed by atoms with Crippen molar-refractivity contribution in [3.63, 3.8) is 0 Å². The zero-order valence-corrected chi connectivity index (χ0v) is 18.4. The summed E-state index contributed by atoms with van der Waals surface area (Å²) in [6.45, 7) is -0.595. The Morgan fingerprint density at radius 2 is 1.74 bits per heavy atom. The van der Waals surface area contributed by atoms with E-state index in [1.807, 2.05) is 42.5 Å². The number of allylic oxidation sites excluding steroid dienone is 1. The Balaban J connectivity index is 1.66. The van der Waals surface area contributed by atoms with E-state index in [0.29, 0.717) is 0 Å². The van der Waals surface area contributed by atoms with Crippen LogP contribution in [0.4, 0.5) is 0 Å². The van der Waals surface area contributed by atoms with Gasteiger partial charge in [-0.25, -0.2) is 0 Å². The molecular weight excluding hydrogens is 440 g/mol. The first kappa shape index (κ1) is 23.9. The van der Waals surface area contributed by atoms with Gasteiger partial charge in [-0.15, -0.1) is 0 Å². The number of hydrogen-bond donors (Lipinski definition) is 5. The van der Waals surface area contributed by atoms with Crippen molar-refractivity contribution in [1.82, 2.24) is 0 Å². The topological polar surface area (TPSA) is 137 Å². The molecule has 5 atom stereocenters. The first-order valence-electron chi connectivity index (χ1n) is 10.8. The van der Waals surface area contributed by atoms with E-state index in [0.717, 1.165) is 16.3 Å². The van der Waals surface area contributed by atoms with Crippen molar-refractivity contribution in [3.8, 4) is 11.5 Å². The van der Waals surface area contributed by atoms with Gasteiger partial charge in [0.2, 0.25) is 0 Å². The van der Waals surface area contributed by atoms with Crippen molar-refractivity contribution >= 4 is 22.6 Å². The number of fused-ring (bicyclic) bond motifs is 1. The summed E-state index contributed by atoms with van der Waals surface area (Å²) >= 11 is 0. The number of rotatable bonds is 6. The monoisotopic (exact) mass is 466 g/mol. The van der Waals surface area contributed by atoms with Crippen molar-refractivity contribution < 1.29 is 39.8 Å². The highest BCUT2D eigenvalue weighted by atomic mass is 16.5. The number of aliphatic hydroxyl groups excluding tert-OH is 4. The van der Waals surface area contributed by atoms with E-state index in [2.05, 4.69) is 0 Å². The number of aliphatic hydroxyl groups is 4. The lowest BCUT2D eigenvalue weighted by Gasteiger charge is -2.40. The first-order chi connectivity index (χ1) is 16.3. The highest BCUT2D eigenvalue weighted by Gasteiger charge is 2.45. The average Bonchev–Trinajstić information content (AvgIpc) is 2.86. The van der Waals surface area contributed by atoms with Crippen LogP contribution in [0.5, 0.6) is 11.5 Å². The van der Waals surface area contributed by atoms with Gasteiger partial charge in [-0.1, -0.05) is 42.5 Å². The summed E-state index contributed by atoms with van der Waals surface area (Å²) in [5.41, 5.74) is 0.915. The Bertz CT molecular complexity index is 1220. The molecule has 0 bridgehead atoms. The number of methoxy groups -OCH3 is 1. The molecule has 8 heteroatoms. The quantitative estimate of drug-likeness (QED) is 0.275. The molecule has 0 spiro atoms. The molecule has 8 nitrogen and oxygen atoms in total.